The third-order valence-electron chi connectivity index (χ3n) is 3.61. The van der Waals surface area contributed by atoms with Crippen LogP contribution in [0.5, 0.6) is 0 Å². The van der Waals surface area contributed by atoms with Gasteiger partial charge in [0.15, 0.2) is 0 Å². The van der Waals surface area contributed by atoms with E-state index in [1.54, 1.807) is 6.92 Å². The molecule has 0 unspecified atom stereocenters. The number of esters is 1. The van der Waals surface area contributed by atoms with Gasteiger partial charge in [-0.1, -0.05) is 25.3 Å². The quantitative estimate of drug-likeness (QED) is 0.455. The summed E-state index contributed by atoms with van der Waals surface area (Å²) in [4.78, 5) is 12.2. The largest absolute Gasteiger partial charge is 0.501 e. The van der Waals surface area contributed by atoms with Crippen LogP contribution in [0.2, 0.25) is 19.6 Å². The van der Waals surface area contributed by atoms with Crippen LogP contribution in [0.25, 0.3) is 0 Å². The smallest absolute Gasteiger partial charge is 0.463 e. The van der Waals surface area contributed by atoms with E-state index in [-0.39, 0.29) is 5.97 Å². The Morgan fingerprint density at radius 1 is 1.15 bits per heavy atom. The van der Waals surface area contributed by atoms with Crippen LogP contribution >= 0.6 is 0 Å². The third-order valence-corrected chi connectivity index (χ3v) is 4.78. The van der Waals surface area contributed by atoms with E-state index in [1.165, 1.54) is 0 Å². The Bertz CT molecular complexity index is 394. The maximum atomic E-state index is 12.2. The molecule has 1 saturated heterocycles. The SMILES string of the molecule is CCOC(=O)/C(=C\[Si](C)(C)C)B1OC(C)(C)C(C)(C)O1. The summed E-state index contributed by atoms with van der Waals surface area (Å²) in [6.07, 6.45) is 0. The molecule has 0 radical (unpaired) electrons. The Morgan fingerprint density at radius 3 is 1.95 bits per heavy atom. The number of hydrogen-bond acceptors (Lipinski definition) is 4. The fourth-order valence-electron chi connectivity index (χ4n) is 1.87. The van der Waals surface area contributed by atoms with Crippen molar-refractivity contribution in [2.24, 2.45) is 0 Å². The summed E-state index contributed by atoms with van der Waals surface area (Å²) in [6, 6.07) is 0. The molecule has 0 aliphatic carbocycles. The van der Waals surface area contributed by atoms with E-state index in [4.69, 9.17) is 14.0 Å². The predicted molar refractivity (Wildman–Crippen MR) is 84.1 cm³/mol. The van der Waals surface area contributed by atoms with E-state index in [1.807, 2.05) is 33.4 Å². The van der Waals surface area contributed by atoms with Crippen molar-refractivity contribution in [2.75, 3.05) is 6.61 Å². The highest BCUT2D eigenvalue weighted by Crippen LogP contribution is 2.39. The highest BCUT2D eigenvalue weighted by molar-refractivity contribution is 6.83. The minimum Gasteiger partial charge on any atom is -0.463 e. The van der Waals surface area contributed by atoms with Crippen LogP contribution in [0.1, 0.15) is 34.6 Å². The van der Waals surface area contributed by atoms with Crippen molar-refractivity contribution in [1.29, 1.82) is 0 Å². The highest BCUT2D eigenvalue weighted by atomic mass is 28.3. The summed E-state index contributed by atoms with van der Waals surface area (Å²) < 4.78 is 17.1. The summed E-state index contributed by atoms with van der Waals surface area (Å²) in [5.74, 6) is -0.339. The Hall–Kier alpha value is -0.588. The van der Waals surface area contributed by atoms with Gasteiger partial charge < -0.3 is 14.0 Å². The second kappa shape index (κ2) is 5.66. The zero-order chi connectivity index (χ0) is 15.8. The molecule has 1 aliphatic heterocycles. The van der Waals surface area contributed by atoms with Crippen LogP contribution in [0.4, 0.5) is 0 Å². The maximum absolute atomic E-state index is 12.2. The summed E-state index contributed by atoms with van der Waals surface area (Å²) in [7, 11) is -2.24. The standard InChI is InChI=1S/C14H27BO4Si/c1-9-17-12(16)11(10-20(6,7)8)15-18-13(2,3)14(4,5)19-15/h10H,9H2,1-8H3/b11-10+. The number of carbonyl (C=O) groups excluding carboxylic acids is 1. The monoisotopic (exact) mass is 298 g/mol. The molecule has 1 aliphatic rings. The predicted octanol–water partition coefficient (Wildman–Crippen LogP) is 2.98. The van der Waals surface area contributed by atoms with Gasteiger partial charge >= 0.3 is 13.1 Å². The molecular weight excluding hydrogens is 271 g/mol. The van der Waals surface area contributed by atoms with Gasteiger partial charge in [0, 0.05) is 0 Å². The van der Waals surface area contributed by atoms with Gasteiger partial charge in [-0.3, -0.25) is 0 Å². The molecule has 0 amide bonds. The van der Waals surface area contributed by atoms with Gasteiger partial charge in [0.2, 0.25) is 0 Å². The van der Waals surface area contributed by atoms with Crippen LogP contribution in [-0.4, -0.2) is 39.0 Å². The first-order chi connectivity index (χ1) is 8.89. The van der Waals surface area contributed by atoms with Crippen LogP contribution in [0.3, 0.4) is 0 Å². The molecule has 0 aromatic rings. The Morgan fingerprint density at radius 2 is 1.60 bits per heavy atom. The van der Waals surface area contributed by atoms with Gasteiger partial charge in [0.25, 0.3) is 0 Å². The molecule has 0 saturated carbocycles. The number of carbonyl (C=O) groups is 1. The van der Waals surface area contributed by atoms with Crippen molar-refractivity contribution < 1.29 is 18.8 Å². The van der Waals surface area contributed by atoms with Crippen LogP contribution in [0, 0.1) is 0 Å². The summed E-state index contributed by atoms with van der Waals surface area (Å²) in [6.45, 7) is 16.5. The average molecular weight is 298 g/mol. The van der Waals surface area contributed by atoms with Gasteiger partial charge in [-0.05, 0) is 34.6 Å². The van der Waals surface area contributed by atoms with E-state index < -0.39 is 26.4 Å². The fourth-order valence-corrected chi connectivity index (χ4v) is 3.06. The first-order valence-corrected chi connectivity index (χ1v) is 10.7. The Kier molecular flexibility index (Phi) is 4.94. The number of rotatable bonds is 4. The molecule has 0 spiro atoms. The van der Waals surface area contributed by atoms with Crippen molar-refractivity contribution in [2.45, 2.75) is 65.5 Å². The van der Waals surface area contributed by atoms with Crippen molar-refractivity contribution in [1.82, 2.24) is 0 Å². The second-order valence-electron chi connectivity index (χ2n) is 7.27. The van der Waals surface area contributed by atoms with E-state index in [0.717, 1.165) is 0 Å². The molecule has 0 aromatic carbocycles. The topological polar surface area (TPSA) is 44.8 Å². The van der Waals surface area contributed by atoms with Gasteiger partial charge in [0.05, 0.1) is 31.4 Å². The molecule has 1 fully saturated rings. The van der Waals surface area contributed by atoms with Crippen LogP contribution in [-0.2, 0) is 18.8 Å². The molecule has 0 atom stereocenters. The third kappa shape index (κ3) is 3.96. The van der Waals surface area contributed by atoms with E-state index in [2.05, 4.69) is 19.6 Å². The Labute approximate surface area is 124 Å². The lowest BCUT2D eigenvalue weighted by Crippen LogP contribution is -2.41. The summed E-state index contributed by atoms with van der Waals surface area (Å²) >= 11 is 0. The zero-order valence-electron chi connectivity index (χ0n) is 14.0. The molecule has 4 nitrogen and oxygen atoms in total. The van der Waals surface area contributed by atoms with E-state index in [9.17, 15) is 4.79 Å². The summed E-state index contributed by atoms with van der Waals surface area (Å²) in [5.41, 5.74) is 1.60. The molecule has 1 rings (SSSR count). The van der Waals surface area contributed by atoms with Crippen molar-refractivity contribution in [3.63, 3.8) is 0 Å². The van der Waals surface area contributed by atoms with Gasteiger partial charge in [-0.15, -0.1) is 0 Å². The maximum Gasteiger partial charge on any atom is 0.501 e. The van der Waals surface area contributed by atoms with Gasteiger partial charge in [-0.25, -0.2) is 4.79 Å². The molecular formula is C14H27BO4Si. The van der Waals surface area contributed by atoms with Crippen LogP contribution in [0.15, 0.2) is 11.2 Å². The molecule has 0 N–H and O–H groups in total. The van der Waals surface area contributed by atoms with Crippen molar-refractivity contribution >= 4 is 21.2 Å². The minimum absolute atomic E-state index is 0.339. The highest BCUT2D eigenvalue weighted by Gasteiger charge is 2.54. The Balaban J connectivity index is 3.09. The number of ether oxygens (including phenoxy) is 1. The lowest BCUT2D eigenvalue weighted by atomic mass is 9.79. The molecule has 20 heavy (non-hydrogen) atoms. The lowest BCUT2D eigenvalue weighted by Gasteiger charge is -2.32. The summed E-state index contributed by atoms with van der Waals surface area (Å²) in [5, 5.41) is 0. The van der Waals surface area contributed by atoms with Crippen molar-refractivity contribution in [3.05, 3.63) is 11.2 Å². The molecule has 0 aromatic heterocycles. The first-order valence-electron chi connectivity index (χ1n) is 7.15. The molecule has 6 heteroatoms. The van der Waals surface area contributed by atoms with Crippen LogP contribution < -0.4 is 0 Å². The zero-order valence-corrected chi connectivity index (χ0v) is 15.0. The molecule has 1 heterocycles. The van der Waals surface area contributed by atoms with E-state index in [0.29, 0.717) is 12.1 Å². The van der Waals surface area contributed by atoms with E-state index >= 15 is 0 Å². The second-order valence-corrected chi connectivity index (χ2v) is 12.3. The minimum atomic E-state index is -1.60. The lowest BCUT2D eigenvalue weighted by molar-refractivity contribution is -0.137. The normalized spacial score (nSPS) is 22.0. The van der Waals surface area contributed by atoms with Gasteiger partial charge in [0.1, 0.15) is 0 Å². The molecule has 0 bridgehead atoms. The number of hydrogen-bond donors (Lipinski definition) is 0. The van der Waals surface area contributed by atoms with Gasteiger partial charge in [-0.2, -0.15) is 0 Å². The molecule has 114 valence electrons. The first kappa shape index (κ1) is 17.5. The van der Waals surface area contributed by atoms with Crippen molar-refractivity contribution in [3.8, 4) is 0 Å². The fraction of sp³-hybridized carbons (Fsp3) is 0.786. The average Bonchev–Trinajstić information content (AvgIpc) is 2.43.